The number of thiocarbonyl (C=S) groups is 1. The van der Waals surface area contributed by atoms with Gasteiger partial charge in [0.1, 0.15) is 11.3 Å². The SMILES string of the molecule is CCCOc1cccc(C(=O)NC(=S)Nc2ccc(-c3nc4ccccc4o3)cc2)c1. The van der Waals surface area contributed by atoms with Gasteiger partial charge in [-0.1, -0.05) is 25.1 Å². The van der Waals surface area contributed by atoms with Crippen LogP contribution >= 0.6 is 12.2 Å². The predicted octanol–water partition coefficient (Wildman–Crippen LogP) is 5.41. The van der Waals surface area contributed by atoms with Gasteiger partial charge >= 0.3 is 0 Å². The molecular weight excluding hydrogens is 410 g/mol. The summed E-state index contributed by atoms with van der Waals surface area (Å²) in [5.74, 6) is 0.902. The maximum atomic E-state index is 12.5. The highest BCUT2D eigenvalue weighted by atomic mass is 32.1. The first-order valence-corrected chi connectivity index (χ1v) is 10.3. The molecular formula is C24H21N3O3S. The molecule has 0 aliphatic rings. The molecule has 1 amide bonds. The van der Waals surface area contributed by atoms with Crippen molar-refractivity contribution in [2.24, 2.45) is 0 Å². The van der Waals surface area contributed by atoms with Crippen molar-refractivity contribution in [1.82, 2.24) is 10.3 Å². The van der Waals surface area contributed by atoms with Crippen LogP contribution in [0.3, 0.4) is 0 Å². The summed E-state index contributed by atoms with van der Waals surface area (Å²) in [7, 11) is 0. The molecule has 1 aromatic heterocycles. The van der Waals surface area contributed by atoms with Gasteiger partial charge in [-0.15, -0.1) is 0 Å². The molecule has 31 heavy (non-hydrogen) atoms. The van der Waals surface area contributed by atoms with Crippen molar-refractivity contribution < 1.29 is 13.9 Å². The number of carbonyl (C=O) groups is 1. The highest BCUT2D eigenvalue weighted by Gasteiger charge is 2.11. The minimum absolute atomic E-state index is 0.208. The highest BCUT2D eigenvalue weighted by Crippen LogP contribution is 2.25. The Balaban J connectivity index is 1.38. The van der Waals surface area contributed by atoms with Crippen LogP contribution < -0.4 is 15.4 Å². The third-order valence-electron chi connectivity index (χ3n) is 4.48. The number of fused-ring (bicyclic) bond motifs is 1. The number of nitrogens with one attached hydrogen (secondary N) is 2. The maximum Gasteiger partial charge on any atom is 0.257 e. The zero-order chi connectivity index (χ0) is 21.6. The monoisotopic (exact) mass is 431 g/mol. The fourth-order valence-corrected chi connectivity index (χ4v) is 3.19. The smallest absolute Gasteiger partial charge is 0.257 e. The van der Waals surface area contributed by atoms with Crippen LogP contribution in [0.2, 0.25) is 0 Å². The summed E-state index contributed by atoms with van der Waals surface area (Å²) < 4.78 is 11.4. The Kier molecular flexibility index (Phi) is 6.24. The number of aromatic nitrogens is 1. The number of oxazole rings is 1. The van der Waals surface area contributed by atoms with Crippen LogP contribution in [0.25, 0.3) is 22.6 Å². The van der Waals surface area contributed by atoms with E-state index in [0.717, 1.165) is 28.8 Å². The summed E-state index contributed by atoms with van der Waals surface area (Å²) in [6.45, 7) is 2.63. The lowest BCUT2D eigenvalue weighted by molar-refractivity contribution is 0.0977. The van der Waals surface area contributed by atoms with Crippen LogP contribution in [0.1, 0.15) is 23.7 Å². The van der Waals surface area contributed by atoms with Gasteiger partial charge in [0.25, 0.3) is 5.91 Å². The summed E-state index contributed by atoms with van der Waals surface area (Å²) in [6, 6.07) is 22.1. The van der Waals surface area contributed by atoms with Crippen LogP contribution in [-0.2, 0) is 0 Å². The van der Waals surface area contributed by atoms with Gasteiger partial charge in [0, 0.05) is 16.8 Å². The molecule has 0 aliphatic carbocycles. The predicted molar refractivity (Wildman–Crippen MR) is 125 cm³/mol. The first-order chi connectivity index (χ1) is 15.1. The van der Waals surface area contributed by atoms with E-state index in [-0.39, 0.29) is 11.0 Å². The average Bonchev–Trinajstić information content (AvgIpc) is 3.22. The molecule has 4 aromatic rings. The Morgan fingerprint density at radius 3 is 2.65 bits per heavy atom. The molecule has 0 saturated heterocycles. The van der Waals surface area contributed by atoms with Crippen molar-refractivity contribution in [3.63, 3.8) is 0 Å². The summed E-state index contributed by atoms with van der Waals surface area (Å²) in [4.78, 5) is 17.0. The number of nitrogens with zero attached hydrogens (tertiary/aromatic N) is 1. The van der Waals surface area contributed by atoms with Crippen LogP contribution in [-0.4, -0.2) is 22.6 Å². The molecule has 0 fully saturated rings. The Hall–Kier alpha value is -3.71. The normalized spacial score (nSPS) is 10.6. The van der Waals surface area contributed by atoms with Crippen molar-refractivity contribution in [2.45, 2.75) is 13.3 Å². The molecule has 0 unspecified atom stereocenters. The summed E-state index contributed by atoms with van der Waals surface area (Å²) in [5.41, 5.74) is 3.62. The largest absolute Gasteiger partial charge is 0.494 e. The second-order valence-corrected chi connectivity index (χ2v) is 7.26. The number of para-hydroxylation sites is 2. The lowest BCUT2D eigenvalue weighted by atomic mass is 10.2. The highest BCUT2D eigenvalue weighted by molar-refractivity contribution is 7.80. The van der Waals surface area contributed by atoms with Gasteiger partial charge < -0.3 is 14.5 Å². The number of rotatable bonds is 6. The van der Waals surface area contributed by atoms with Gasteiger partial charge in [0.2, 0.25) is 5.89 Å². The van der Waals surface area contributed by atoms with Gasteiger partial charge in [-0.25, -0.2) is 4.98 Å². The molecule has 0 bridgehead atoms. The number of ether oxygens (including phenoxy) is 1. The molecule has 0 aliphatic heterocycles. The number of benzene rings is 3. The molecule has 1 heterocycles. The van der Waals surface area contributed by atoms with E-state index in [1.807, 2.05) is 61.5 Å². The Morgan fingerprint density at radius 2 is 1.87 bits per heavy atom. The zero-order valence-electron chi connectivity index (χ0n) is 16.9. The second-order valence-electron chi connectivity index (χ2n) is 6.85. The minimum atomic E-state index is -0.303. The molecule has 156 valence electrons. The molecule has 0 saturated carbocycles. The van der Waals surface area contributed by atoms with Crippen molar-refractivity contribution in [1.29, 1.82) is 0 Å². The fourth-order valence-electron chi connectivity index (χ4n) is 2.98. The van der Waals surface area contributed by atoms with E-state index in [1.165, 1.54) is 0 Å². The standard InChI is InChI=1S/C24H21N3O3S/c1-2-14-29-19-7-5-6-17(15-19)22(28)27-24(31)25-18-12-10-16(11-13-18)23-26-20-8-3-4-9-21(20)30-23/h3-13,15H,2,14H2,1H3,(H2,25,27,28,31). The molecule has 7 heteroatoms. The van der Waals surface area contributed by atoms with Gasteiger partial charge in [-0.2, -0.15) is 0 Å². The first kappa shape index (κ1) is 20.6. The first-order valence-electron chi connectivity index (χ1n) is 9.93. The quantitative estimate of drug-likeness (QED) is 0.398. The van der Waals surface area contributed by atoms with Crippen LogP contribution in [0.15, 0.2) is 77.2 Å². The van der Waals surface area contributed by atoms with Gasteiger partial charge in [-0.3, -0.25) is 10.1 Å². The van der Waals surface area contributed by atoms with Crippen LogP contribution in [0.5, 0.6) is 5.75 Å². The second kappa shape index (κ2) is 9.40. The number of anilines is 1. The summed E-state index contributed by atoms with van der Waals surface area (Å²) in [6.07, 6.45) is 0.898. The number of carbonyl (C=O) groups excluding carboxylic acids is 1. The van der Waals surface area contributed by atoms with Gasteiger partial charge in [0.05, 0.1) is 6.61 Å². The number of hydrogen-bond acceptors (Lipinski definition) is 5. The topological polar surface area (TPSA) is 76.4 Å². The summed E-state index contributed by atoms with van der Waals surface area (Å²) >= 11 is 5.28. The molecule has 3 aromatic carbocycles. The van der Waals surface area contributed by atoms with E-state index in [1.54, 1.807) is 18.2 Å². The third kappa shape index (κ3) is 5.07. The summed E-state index contributed by atoms with van der Waals surface area (Å²) in [5, 5.41) is 5.91. The van der Waals surface area contributed by atoms with Crippen molar-refractivity contribution in [2.75, 3.05) is 11.9 Å². The van der Waals surface area contributed by atoms with E-state index in [9.17, 15) is 4.79 Å². The van der Waals surface area contributed by atoms with Crippen molar-refractivity contribution >= 4 is 40.0 Å². The van der Waals surface area contributed by atoms with E-state index in [2.05, 4.69) is 15.6 Å². The average molecular weight is 432 g/mol. The molecule has 6 nitrogen and oxygen atoms in total. The molecule has 2 N–H and O–H groups in total. The van der Waals surface area contributed by atoms with E-state index >= 15 is 0 Å². The van der Waals surface area contributed by atoms with Crippen molar-refractivity contribution in [3.05, 3.63) is 78.4 Å². The van der Waals surface area contributed by atoms with Crippen LogP contribution in [0.4, 0.5) is 5.69 Å². The zero-order valence-corrected chi connectivity index (χ0v) is 17.7. The van der Waals surface area contributed by atoms with Gasteiger partial charge in [0.15, 0.2) is 10.7 Å². The third-order valence-corrected chi connectivity index (χ3v) is 4.68. The van der Waals surface area contributed by atoms with E-state index in [4.69, 9.17) is 21.4 Å². The molecule has 0 spiro atoms. The van der Waals surface area contributed by atoms with Gasteiger partial charge in [-0.05, 0) is 73.2 Å². The van der Waals surface area contributed by atoms with E-state index < -0.39 is 0 Å². The molecule has 4 rings (SSSR count). The minimum Gasteiger partial charge on any atom is -0.494 e. The molecule has 0 radical (unpaired) electrons. The lowest BCUT2D eigenvalue weighted by Gasteiger charge is -2.11. The Labute approximate surface area is 185 Å². The Bertz CT molecular complexity index is 1190. The maximum absolute atomic E-state index is 12.5. The molecule has 0 atom stereocenters. The Morgan fingerprint density at radius 1 is 1.06 bits per heavy atom. The number of hydrogen-bond donors (Lipinski definition) is 2. The van der Waals surface area contributed by atoms with Crippen LogP contribution in [0, 0.1) is 0 Å². The fraction of sp³-hybridized carbons (Fsp3) is 0.125. The van der Waals surface area contributed by atoms with E-state index in [0.29, 0.717) is 23.8 Å². The number of amides is 1. The van der Waals surface area contributed by atoms with Crippen molar-refractivity contribution in [3.8, 4) is 17.2 Å². The lowest BCUT2D eigenvalue weighted by Crippen LogP contribution is -2.34.